The molecule has 0 heterocycles. The van der Waals surface area contributed by atoms with E-state index in [0.717, 1.165) is 12.7 Å². The van der Waals surface area contributed by atoms with Gasteiger partial charge >= 0.3 is 12.1 Å². The minimum atomic E-state index is -4.41. The van der Waals surface area contributed by atoms with Crippen LogP contribution >= 0.6 is 0 Å². The Hall–Kier alpha value is -1.76. The van der Waals surface area contributed by atoms with Crippen molar-refractivity contribution in [2.45, 2.75) is 24.6 Å². The third-order valence-electron chi connectivity index (χ3n) is 3.67. The van der Waals surface area contributed by atoms with Crippen molar-refractivity contribution >= 4 is 5.97 Å². The Bertz CT molecular complexity index is 545. The maximum Gasteiger partial charge on any atom is 0.401 e. The Morgan fingerprint density at radius 2 is 2.10 bits per heavy atom. The number of hydrogen-bond donors (Lipinski definition) is 1. The number of carbonyl (C=O) groups excluding carboxylic acids is 1. The average molecular weight is 303 g/mol. The van der Waals surface area contributed by atoms with Gasteiger partial charge in [-0.05, 0) is 36.1 Å². The Morgan fingerprint density at radius 3 is 2.67 bits per heavy atom. The van der Waals surface area contributed by atoms with E-state index in [4.69, 9.17) is 9.47 Å². The van der Waals surface area contributed by atoms with Crippen LogP contribution in [0.15, 0.2) is 18.2 Å². The number of ether oxygens (including phenoxy) is 2. The average Bonchev–Trinajstić information content (AvgIpc) is 2.82. The van der Waals surface area contributed by atoms with Crippen molar-refractivity contribution in [1.29, 1.82) is 0 Å². The molecule has 1 aromatic carbocycles. The maximum absolute atomic E-state index is 12.5. The van der Waals surface area contributed by atoms with Gasteiger partial charge in [-0.15, -0.1) is 0 Å². The standard InChI is InChI=1S/C14H16F3NO3/c1-20-10-4-3-9-5-6-13(11(9)7-10,12(19)21-2)18-8-14(15,16)17/h3-4,7,18H,5-6,8H2,1-2H3. The van der Waals surface area contributed by atoms with E-state index >= 15 is 0 Å². The van der Waals surface area contributed by atoms with Crippen LogP contribution < -0.4 is 10.1 Å². The van der Waals surface area contributed by atoms with Crippen molar-refractivity contribution in [3.63, 3.8) is 0 Å². The van der Waals surface area contributed by atoms with Crippen molar-refractivity contribution in [2.75, 3.05) is 20.8 Å². The van der Waals surface area contributed by atoms with Gasteiger partial charge in [-0.3, -0.25) is 5.32 Å². The van der Waals surface area contributed by atoms with Gasteiger partial charge in [-0.1, -0.05) is 6.07 Å². The maximum atomic E-state index is 12.5. The van der Waals surface area contributed by atoms with Crippen LogP contribution in [0, 0.1) is 0 Å². The highest BCUT2D eigenvalue weighted by Crippen LogP contribution is 2.40. The van der Waals surface area contributed by atoms with Crippen molar-refractivity contribution in [3.05, 3.63) is 29.3 Å². The number of hydrogen-bond acceptors (Lipinski definition) is 4. The summed E-state index contributed by atoms with van der Waals surface area (Å²) in [6.07, 6.45) is -3.69. The molecule has 0 spiro atoms. The molecule has 1 unspecified atom stereocenters. The van der Waals surface area contributed by atoms with Gasteiger partial charge in [0.15, 0.2) is 0 Å². The monoisotopic (exact) mass is 303 g/mol. The molecule has 116 valence electrons. The minimum Gasteiger partial charge on any atom is -0.497 e. The predicted octanol–water partition coefficient (Wildman–Crippen LogP) is 2.16. The molecule has 0 radical (unpaired) electrons. The number of alkyl halides is 3. The van der Waals surface area contributed by atoms with Gasteiger partial charge < -0.3 is 9.47 Å². The molecule has 4 nitrogen and oxygen atoms in total. The van der Waals surface area contributed by atoms with Gasteiger partial charge in [0, 0.05) is 0 Å². The first-order valence-electron chi connectivity index (χ1n) is 6.40. The fourth-order valence-electron chi connectivity index (χ4n) is 2.65. The number of nitrogens with one attached hydrogen (secondary N) is 1. The Kier molecular flexibility index (Phi) is 4.13. The lowest BCUT2D eigenvalue weighted by molar-refractivity contribution is -0.154. The molecule has 2 rings (SSSR count). The van der Waals surface area contributed by atoms with Gasteiger partial charge in [-0.2, -0.15) is 13.2 Å². The summed E-state index contributed by atoms with van der Waals surface area (Å²) in [4.78, 5) is 12.1. The van der Waals surface area contributed by atoms with Crippen molar-refractivity contribution in [1.82, 2.24) is 5.32 Å². The quantitative estimate of drug-likeness (QED) is 0.866. The second-order valence-corrected chi connectivity index (χ2v) is 4.89. The molecular formula is C14H16F3NO3. The fourth-order valence-corrected chi connectivity index (χ4v) is 2.65. The summed E-state index contributed by atoms with van der Waals surface area (Å²) in [5.41, 5.74) is -0.178. The molecule has 0 saturated heterocycles. The van der Waals surface area contributed by atoms with Crippen LogP contribution in [0.5, 0.6) is 5.75 Å². The summed E-state index contributed by atoms with van der Waals surface area (Å²) >= 11 is 0. The second-order valence-electron chi connectivity index (χ2n) is 4.89. The summed E-state index contributed by atoms with van der Waals surface area (Å²) in [6, 6.07) is 5.06. The molecular weight excluding hydrogens is 287 g/mol. The van der Waals surface area contributed by atoms with Crippen LogP contribution in [0.4, 0.5) is 13.2 Å². The first-order valence-corrected chi connectivity index (χ1v) is 6.40. The lowest BCUT2D eigenvalue weighted by Crippen LogP contribution is -2.51. The summed E-state index contributed by atoms with van der Waals surface area (Å²) < 4.78 is 47.4. The molecule has 0 aliphatic heterocycles. The van der Waals surface area contributed by atoms with Crippen molar-refractivity contribution in [2.24, 2.45) is 0 Å². The molecule has 1 aromatic rings. The van der Waals surface area contributed by atoms with E-state index in [-0.39, 0.29) is 6.42 Å². The van der Waals surface area contributed by atoms with Crippen LogP contribution in [0.2, 0.25) is 0 Å². The van der Waals surface area contributed by atoms with E-state index < -0.39 is 24.2 Å². The lowest BCUT2D eigenvalue weighted by atomic mass is 9.91. The zero-order valence-corrected chi connectivity index (χ0v) is 11.7. The summed E-state index contributed by atoms with van der Waals surface area (Å²) in [5.74, 6) is -0.239. The Morgan fingerprint density at radius 1 is 1.38 bits per heavy atom. The summed E-state index contributed by atoms with van der Waals surface area (Å²) in [6.45, 7) is -1.27. The van der Waals surface area contributed by atoms with E-state index in [2.05, 4.69) is 5.32 Å². The number of carbonyl (C=O) groups is 1. The Labute approximate surface area is 120 Å². The van der Waals surface area contributed by atoms with E-state index in [1.165, 1.54) is 7.11 Å². The molecule has 0 bridgehead atoms. The van der Waals surface area contributed by atoms with Gasteiger partial charge in [0.05, 0.1) is 20.8 Å². The highest BCUT2D eigenvalue weighted by atomic mass is 19.4. The number of fused-ring (bicyclic) bond motifs is 1. The molecule has 0 fully saturated rings. The zero-order valence-electron chi connectivity index (χ0n) is 11.7. The third-order valence-corrected chi connectivity index (χ3v) is 3.67. The first-order chi connectivity index (χ1) is 9.82. The van der Waals surface area contributed by atoms with E-state index in [1.54, 1.807) is 18.2 Å². The van der Waals surface area contributed by atoms with E-state index in [0.29, 0.717) is 17.7 Å². The molecule has 1 aliphatic rings. The molecule has 0 saturated carbocycles. The van der Waals surface area contributed by atoms with Gasteiger partial charge in [0.1, 0.15) is 11.3 Å². The number of benzene rings is 1. The van der Waals surface area contributed by atoms with Crippen LogP contribution in [-0.2, 0) is 21.5 Å². The van der Waals surface area contributed by atoms with Gasteiger partial charge in [0.25, 0.3) is 0 Å². The molecule has 1 aliphatic carbocycles. The largest absolute Gasteiger partial charge is 0.497 e. The van der Waals surface area contributed by atoms with Crippen LogP contribution in [0.3, 0.4) is 0 Å². The van der Waals surface area contributed by atoms with Crippen LogP contribution in [0.25, 0.3) is 0 Å². The second kappa shape index (κ2) is 5.55. The zero-order chi connectivity index (χ0) is 15.7. The normalized spacial score (nSPS) is 21.0. The molecule has 0 amide bonds. The number of aryl methyl sites for hydroxylation is 1. The molecule has 1 atom stereocenters. The number of esters is 1. The SMILES string of the molecule is COC(=O)C1(NCC(F)(F)F)CCc2ccc(OC)cc21. The smallest absolute Gasteiger partial charge is 0.401 e. The van der Waals surface area contributed by atoms with Gasteiger partial charge in [0.2, 0.25) is 0 Å². The van der Waals surface area contributed by atoms with Crippen LogP contribution in [0.1, 0.15) is 17.5 Å². The van der Waals surface area contributed by atoms with E-state index in [9.17, 15) is 18.0 Å². The number of halogens is 3. The predicted molar refractivity (Wildman–Crippen MR) is 69.1 cm³/mol. The fraction of sp³-hybridized carbons (Fsp3) is 0.500. The number of methoxy groups -OCH3 is 2. The van der Waals surface area contributed by atoms with Crippen molar-refractivity contribution < 1.29 is 27.4 Å². The number of rotatable bonds is 4. The minimum absolute atomic E-state index is 0.220. The first kappa shape index (κ1) is 15.6. The summed E-state index contributed by atoms with van der Waals surface area (Å²) in [7, 11) is 2.62. The highest BCUT2D eigenvalue weighted by Gasteiger charge is 2.48. The van der Waals surface area contributed by atoms with Gasteiger partial charge in [-0.25, -0.2) is 4.79 Å². The van der Waals surface area contributed by atoms with Crippen molar-refractivity contribution in [3.8, 4) is 5.75 Å². The molecule has 1 N–H and O–H groups in total. The third kappa shape index (κ3) is 2.97. The lowest BCUT2D eigenvalue weighted by Gasteiger charge is -2.29. The summed E-state index contributed by atoms with van der Waals surface area (Å²) in [5, 5.41) is 2.34. The van der Waals surface area contributed by atoms with E-state index in [1.807, 2.05) is 0 Å². The molecule has 21 heavy (non-hydrogen) atoms. The highest BCUT2D eigenvalue weighted by molar-refractivity contribution is 5.84. The molecule has 0 aromatic heterocycles. The van der Waals surface area contributed by atoms with Crippen LogP contribution in [-0.4, -0.2) is 32.9 Å². The Balaban J connectivity index is 2.42. The molecule has 7 heteroatoms. The topological polar surface area (TPSA) is 47.6 Å².